The Hall–Kier alpha value is -1.59. The Balaban J connectivity index is 2.33. The summed E-state index contributed by atoms with van der Waals surface area (Å²) in [4.78, 5) is 4.40. The lowest BCUT2D eigenvalue weighted by Gasteiger charge is -2.15. The van der Waals surface area contributed by atoms with E-state index in [9.17, 15) is 4.39 Å². The molecule has 108 valence electrons. The van der Waals surface area contributed by atoms with Crippen molar-refractivity contribution in [2.45, 2.75) is 19.9 Å². The Labute approximate surface area is 122 Å². The molecular formula is C14H17ClFN3O. The second-order valence-corrected chi connectivity index (χ2v) is 5.08. The normalized spacial score (nSPS) is 12.4. The van der Waals surface area contributed by atoms with Gasteiger partial charge in [-0.15, -0.1) is 0 Å². The molecule has 2 rings (SSSR count). The Morgan fingerprint density at radius 3 is 2.90 bits per heavy atom. The number of hydrogen-bond acceptors (Lipinski definition) is 3. The predicted octanol–water partition coefficient (Wildman–Crippen LogP) is 3.42. The molecule has 0 aliphatic heterocycles. The average Bonchev–Trinajstić information content (AvgIpc) is 2.74. The highest BCUT2D eigenvalue weighted by atomic mass is 35.5. The van der Waals surface area contributed by atoms with Crippen LogP contribution in [0.4, 0.5) is 10.3 Å². The van der Waals surface area contributed by atoms with Crippen molar-refractivity contribution in [1.82, 2.24) is 9.55 Å². The van der Waals surface area contributed by atoms with Gasteiger partial charge in [0.25, 0.3) is 0 Å². The molecule has 1 atom stereocenters. The number of anilines is 1. The summed E-state index contributed by atoms with van der Waals surface area (Å²) in [6.07, 6.45) is 1.84. The summed E-state index contributed by atoms with van der Waals surface area (Å²) >= 11 is 5.71. The number of hydrogen-bond donors (Lipinski definition) is 1. The van der Waals surface area contributed by atoms with E-state index in [1.807, 2.05) is 20.0 Å². The van der Waals surface area contributed by atoms with Crippen LogP contribution in [0.3, 0.4) is 0 Å². The molecule has 0 radical (unpaired) electrons. The maximum Gasteiger partial charge on any atom is 0.208 e. The van der Waals surface area contributed by atoms with Crippen molar-refractivity contribution in [3.05, 3.63) is 40.9 Å². The average molecular weight is 298 g/mol. The monoisotopic (exact) mass is 297 g/mol. The van der Waals surface area contributed by atoms with Crippen molar-refractivity contribution in [1.29, 1.82) is 0 Å². The molecule has 0 saturated carbocycles. The van der Waals surface area contributed by atoms with Crippen LogP contribution in [0, 0.1) is 12.7 Å². The van der Waals surface area contributed by atoms with Crippen LogP contribution in [0.15, 0.2) is 24.4 Å². The van der Waals surface area contributed by atoms with Crippen LogP contribution >= 0.6 is 11.6 Å². The number of nitrogens with zero attached hydrogens (tertiary/aromatic N) is 2. The molecule has 20 heavy (non-hydrogen) atoms. The summed E-state index contributed by atoms with van der Waals surface area (Å²) in [5.74, 6) is 0.195. The summed E-state index contributed by atoms with van der Waals surface area (Å²) in [6.45, 7) is 4.43. The Morgan fingerprint density at radius 1 is 1.50 bits per heavy atom. The largest absolute Gasteiger partial charge is 0.383 e. The molecule has 1 N–H and O–H groups in total. The predicted molar refractivity (Wildman–Crippen MR) is 78.2 cm³/mol. The lowest BCUT2D eigenvalue weighted by Crippen LogP contribution is -2.22. The third kappa shape index (κ3) is 3.29. The van der Waals surface area contributed by atoms with E-state index in [4.69, 9.17) is 16.3 Å². The smallest absolute Gasteiger partial charge is 0.208 e. The molecule has 1 aromatic heterocycles. The molecule has 1 aromatic carbocycles. The highest BCUT2D eigenvalue weighted by Gasteiger charge is 2.12. The first-order chi connectivity index (χ1) is 9.51. The van der Waals surface area contributed by atoms with Crippen molar-refractivity contribution < 1.29 is 9.13 Å². The lowest BCUT2D eigenvalue weighted by atomic mass is 10.3. The van der Waals surface area contributed by atoms with Crippen LogP contribution in [0.5, 0.6) is 0 Å². The highest BCUT2D eigenvalue weighted by molar-refractivity contribution is 6.30. The quantitative estimate of drug-likeness (QED) is 0.919. The molecule has 0 bridgehead atoms. The number of halogens is 2. The molecule has 1 heterocycles. The summed E-state index contributed by atoms with van der Waals surface area (Å²) in [5.41, 5.74) is 1.51. The zero-order chi connectivity index (χ0) is 14.7. The third-order valence-corrected chi connectivity index (χ3v) is 3.11. The number of benzene rings is 1. The Kier molecular flexibility index (Phi) is 4.62. The molecule has 4 nitrogen and oxygen atoms in total. The molecule has 0 amide bonds. The van der Waals surface area contributed by atoms with Gasteiger partial charge >= 0.3 is 0 Å². The Morgan fingerprint density at radius 2 is 2.25 bits per heavy atom. The van der Waals surface area contributed by atoms with Gasteiger partial charge in [0.15, 0.2) is 0 Å². The second-order valence-electron chi connectivity index (χ2n) is 4.68. The fraction of sp³-hybridized carbons (Fsp3) is 0.357. The number of aryl methyl sites for hydroxylation is 1. The van der Waals surface area contributed by atoms with Gasteiger partial charge in [-0.25, -0.2) is 9.37 Å². The van der Waals surface area contributed by atoms with E-state index in [0.717, 1.165) is 5.69 Å². The van der Waals surface area contributed by atoms with Crippen LogP contribution < -0.4 is 5.32 Å². The van der Waals surface area contributed by atoms with E-state index in [1.165, 1.54) is 12.1 Å². The summed E-state index contributed by atoms with van der Waals surface area (Å²) in [5, 5.41) is 3.34. The zero-order valence-electron chi connectivity index (χ0n) is 11.7. The second kappa shape index (κ2) is 6.24. The van der Waals surface area contributed by atoms with E-state index < -0.39 is 5.82 Å². The molecular weight excluding hydrogens is 281 g/mol. The fourth-order valence-corrected chi connectivity index (χ4v) is 2.06. The van der Waals surface area contributed by atoms with Gasteiger partial charge in [0, 0.05) is 19.3 Å². The van der Waals surface area contributed by atoms with E-state index in [1.54, 1.807) is 17.7 Å². The van der Waals surface area contributed by atoms with Gasteiger partial charge < -0.3 is 10.1 Å². The first kappa shape index (κ1) is 14.8. The van der Waals surface area contributed by atoms with Gasteiger partial charge in [0.1, 0.15) is 5.82 Å². The van der Waals surface area contributed by atoms with Crippen LogP contribution in [0.1, 0.15) is 12.6 Å². The van der Waals surface area contributed by atoms with Crippen molar-refractivity contribution in [3.63, 3.8) is 0 Å². The minimum absolute atomic E-state index is 0.0951. The van der Waals surface area contributed by atoms with E-state index in [-0.39, 0.29) is 11.1 Å². The minimum atomic E-state index is -0.452. The maximum atomic E-state index is 13.6. The van der Waals surface area contributed by atoms with Crippen molar-refractivity contribution in [3.8, 4) is 5.69 Å². The summed E-state index contributed by atoms with van der Waals surface area (Å²) < 4.78 is 20.5. The van der Waals surface area contributed by atoms with Gasteiger partial charge in [-0.3, -0.25) is 4.57 Å². The molecule has 0 spiro atoms. The number of aromatic nitrogens is 2. The lowest BCUT2D eigenvalue weighted by molar-refractivity contribution is 0.190. The fourth-order valence-electron chi connectivity index (χ4n) is 1.94. The van der Waals surface area contributed by atoms with Crippen LogP contribution in [-0.2, 0) is 4.74 Å². The van der Waals surface area contributed by atoms with Gasteiger partial charge in [0.2, 0.25) is 5.95 Å². The summed E-state index contributed by atoms with van der Waals surface area (Å²) in [6, 6.07) is 4.76. The molecule has 0 fully saturated rings. The van der Waals surface area contributed by atoms with E-state index in [0.29, 0.717) is 18.2 Å². The van der Waals surface area contributed by atoms with Crippen molar-refractivity contribution in [2.24, 2.45) is 0 Å². The first-order valence-electron chi connectivity index (χ1n) is 6.28. The topological polar surface area (TPSA) is 39.1 Å². The van der Waals surface area contributed by atoms with Gasteiger partial charge in [0.05, 0.1) is 23.0 Å². The SMILES string of the molecule is COCC(C)Nc1nc(C)cn1-c1ccc(Cl)c(F)c1. The zero-order valence-corrected chi connectivity index (χ0v) is 12.4. The molecule has 0 saturated heterocycles. The van der Waals surface area contributed by atoms with Crippen LogP contribution in [0.25, 0.3) is 5.69 Å². The molecule has 6 heteroatoms. The molecule has 0 aliphatic carbocycles. The van der Waals surface area contributed by atoms with Crippen LogP contribution in [0.2, 0.25) is 5.02 Å². The number of rotatable bonds is 5. The standard InChI is InChI=1S/C14H17ClFN3O/c1-9-7-19(11-4-5-12(15)13(16)6-11)14(17-9)18-10(2)8-20-3/h4-7,10H,8H2,1-3H3,(H,17,18). The number of imidazole rings is 1. The maximum absolute atomic E-state index is 13.6. The highest BCUT2D eigenvalue weighted by Crippen LogP contribution is 2.22. The molecule has 2 aromatic rings. The van der Waals surface area contributed by atoms with Gasteiger partial charge in [-0.2, -0.15) is 0 Å². The van der Waals surface area contributed by atoms with E-state index >= 15 is 0 Å². The Bertz CT molecular complexity index is 600. The van der Waals surface area contributed by atoms with Gasteiger partial charge in [-0.1, -0.05) is 11.6 Å². The van der Waals surface area contributed by atoms with Gasteiger partial charge in [-0.05, 0) is 32.0 Å². The van der Waals surface area contributed by atoms with Crippen molar-refractivity contribution in [2.75, 3.05) is 19.0 Å². The van der Waals surface area contributed by atoms with E-state index in [2.05, 4.69) is 10.3 Å². The number of ether oxygens (including phenoxy) is 1. The third-order valence-electron chi connectivity index (χ3n) is 2.80. The molecule has 1 unspecified atom stereocenters. The molecule has 0 aliphatic rings. The summed E-state index contributed by atoms with van der Waals surface area (Å²) in [7, 11) is 1.64. The van der Waals surface area contributed by atoms with Crippen LogP contribution in [-0.4, -0.2) is 29.3 Å². The first-order valence-corrected chi connectivity index (χ1v) is 6.66. The van der Waals surface area contributed by atoms with Crippen molar-refractivity contribution >= 4 is 17.5 Å². The number of methoxy groups -OCH3 is 1. The number of nitrogens with one attached hydrogen (secondary N) is 1. The minimum Gasteiger partial charge on any atom is -0.383 e.